The second-order valence-electron chi connectivity index (χ2n) is 5.74. The molecule has 0 radical (unpaired) electrons. The van der Waals surface area contributed by atoms with Crippen molar-refractivity contribution in [1.82, 2.24) is 5.32 Å². The van der Waals surface area contributed by atoms with Crippen LogP contribution in [-0.4, -0.2) is 37.4 Å². The van der Waals surface area contributed by atoms with Crippen molar-refractivity contribution in [3.8, 4) is 0 Å². The molecule has 1 aliphatic rings. The number of carbonyl (C=O) groups excluding carboxylic acids is 1. The van der Waals surface area contributed by atoms with Crippen molar-refractivity contribution in [2.24, 2.45) is 0 Å². The molecule has 5 heteroatoms. The third-order valence-corrected chi connectivity index (χ3v) is 4.49. The van der Waals surface area contributed by atoms with Gasteiger partial charge in [0.2, 0.25) is 5.91 Å². The first-order valence-corrected chi connectivity index (χ1v) is 8.30. The van der Waals surface area contributed by atoms with E-state index in [0.717, 1.165) is 37.7 Å². The molecule has 1 fully saturated rings. The molecule has 1 aliphatic carbocycles. The van der Waals surface area contributed by atoms with Crippen LogP contribution in [0.1, 0.15) is 37.7 Å². The zero-order valence-corrected chi connectivity index (χ0v) is 13.6. The summed E-state index contributed by atoms with van der Waals surface area (Å²) in [5, 5.41) is 12.3. The highest BCUT2D eigenvalue weighted by Crippen LogP contribution is 2.42. The van der Waals surface area contributed by atoms with Crippen molar-refractivity contribution in [3.05, 3.63) is 34.9 Å². The highest BCUT2D eigenvalue weighted by atomic mass is 35.5. The molecule has 0 atom stereocenters. The Balaban J connectivity index is 1.94. The number of hydrogen-bond donors (Lipinski definition) is 2. The molecule has 2 N–H and O–H groups in total. The molecule has 0 spiro atoms. The van der Waals surface area contributed by atoms with Crippen molar-refractivity contribution < 1.29 is 14.6 Å². The number of nitrogens with one attached hydrogen (secondary N) is 1. The molecule has 0 unspecified atom stereocenters. The van der Waals surface area contributed by atoms with Crippen molar-refractivity contribution in [2.45, 2.75) is 37.5 Å². The third-order valence-electron chi connectivity index (χ3n) is 4.26. The van der Waals surface area contributed by atoms with Crippen LogP contribution < -0.4 is 5.32 Å². The van der Waals surface area contributed by atoms with Gasteiger partial charge in [-0.1, -0.05) is 36.6 Å². The van der Waals surface area contributed by atoms with Crippen LogP contribution in [0.4, 0.5) is 0 Å². The van der Waals surface area contributed by atoms with E-state index in [1.807, 2.05) is 24.3 Å². The summed E-state index contributed by atoms with van der Waals surface area (Å²) in [6.07, 6.45) is 4.64. The van der Waals surface area contributed by atoms with Gasteiger partial charge < -0.3 is 15.2 Å². The average Bonchev–Trinajstić information content (AvgIpc) is 3.01. The van der Waals surface area contributed by atoms with E-state index in [4.69, 9.17) is 21.4 Å². The molecule has 1 aromatic rings. The Kier molecular flexibility index (Phi) is 6.68. The minimum atomic E-state index is -0.434. The number of hydrogen-bond acceptors (Lipinski definition) is 3. The Morgan fingerprint density at radius 1 is 1.32 bits per heavy atom. The topological polar surface area (TPSA) is 58.6 Å². The van der Waals surface area contributed by atoms with Crippen LogP contribution in [0.5, 0.6) is 0 Å². The van der Waals surface area contributed by atoms with Gasteiger partial charge in [0.05, 0.1) is 18.6 Å². The fourth-order valence-electron chi connectivity index (χ4n) is 3.12. The Hall–Kier alpha value is -1.10. The normalized spacial score (nSPS) is 16.6. The van der Waals surface area contributed by atoms with E-state index in [9.17, 15) is 4.79 Å². The predicted molar refractivity (Wildman–Crippen MR) is 87.1 cm³/mol. The first-order valence-electron chi connectivity index (χ1n) is 7.92. The van der Waals surface area contributed by atoms with Crippen LogP contribution >= 0.6 is 11.6 Å². The van der Waals surface area contributed by atoms with Crippen molar-refractivity contribution in [3.63, 3.8) is 0 Å². The van der Waals surface area contributed by atoms with Gasteiger partial charge in [0.15, 0.2) is 0 Å². The fourth-order valence-corrected chi connectivity index (χ4v) is 3.31. The monoisotopic (exact) mass is 325 g/mol. The van der Waals surface area contributed by atoms with Crippen molar-refractivity contribution in [1.29, 1.82) is 0 Å². The average molecular weight is 326 g/mol. The van der Waals surface area contributed by atoms with Crippen molar-refractivity contribution >= 4 is 17.5 Å². The zero-order chi connectivity index (χ0) is 15.8. The number of ether oxygens (including phenoxy) is 1. The number of aliphatic hydroxyl groups excluding tert-OH is 1. The van der Waals surface area contributed by atoms with Gasteiger partial charge in [-0.3, -0.25) is 4.79 Å². The van der Waals surface area contributed by atoms with Crippen LogP contribution in [-0.2, 0) is 14.9 Å². The molecule has 1 aromatic carbocycles. The summed E-state index contributed by atoms with van der Waals surface area (Å²) in [5.74, 6) is 0.0921. The van der Waals surface area contributed by atoms with Crippen molar-refractivity contribution in [2.75, 3.05) is 26.4 Å². The lowest BCUT2D eigenvalue weighted by molar-refractivity contribution is -0.126. The first-order chi connectivity index (χ1) is 10.7. The van der Waals surface area contributed by atoms with E-state index in [-0.39, 0.29) is 12.5 Å². The van der Waals surface area contributed by atoms with Gasteiger partial charge in [0.25, 0.3) is 0 Å². The van der Waals surface area contributed by atoms with Gasteiger partial charge in [0.1, 0.15) is 0 Å². The SMILES string of the molecule is O=C(NCCCOCCO)C1(c2cccc(Cl)c2)CCCC1. The molecular weight excluding hydrogens is 302 g/mol. The number of amides is 1. The summed E-state index contributed by atoms with van der Waals surface area (Å²) in [6.45, 7) is 1.52. The standard InChI is InChI=1S/C17H24ClNO3/c18-15-6-3-5-14(13-15)17(7-1-2-8-17)16(21)19-9-4-11-22-12-10-20/h3,5-6,13,20H,1-2,4,7-12H2,(H,19,21). The maximum atomic E-state index is 12.7. The second-order valence-corrected chi connectivity index (χ2v) is 6.18. The van der Waals surface area contributed by atoms with E-state index >= 15 is 0 Å². The summed E-state index contributed by atoms with van der Waals surface area (Å²) in [6, 6.07) is 7.66. The zero-order valence-electron chi connectivity index (χ0n) is 12.8. The van der Waals surface area contributed by atoms with Crippen LogP contribution in [0.25, 0.3) is 0 Å². The first kappa shape index (κ1) is 17.3. The molecule has 0 aliphatic heterocycles. The van der Waals surface area contributed by atoms with E-state index in [1.54, 1.807) is 0 Å². The largest absolute Gasteiger partial charge is 0.394 e. The number of halogens is 1. The minimum absolute atomic E-state index is 0.0320. The summed E-state index contributed by atoms with van der Waals surface area (Å²) < 4.78 is 5.20. The number of rotatable bonds is 8. The van der Waals surface area contributed by atoms with Gasteiger partial charge in [-0.2, -0.15) is 0 Å². The number of aliphatic hydroxyl groups is 1. The third kappa shape index (κ3) is 4.22. The molecule has 0 bridgehead atoms. The van der Waals surface area contributed by atoms with E-state index < -0.39 is 5.41 Å². The molecule has 1 saturated carbocycles. The molecular formula is C17H24ClNO3. The Morgan fingerprint density at radius 2 is 2.09 bits per heavy atom. The maximum absolute atomic E-state index is 12.7. The summed E-state index contributed by atoms with van der Waals surface area (Å²) >= 11 is 6.10. The Bertz CT molecular complexity index is 487. The van der Waals surface area contributed by atoms with E-state index in [2.05, 4.69) is 5.32 Å². The molecule has 0 aromatic heterocycles. The molecule has 2 rings (SSSR count). The lowest BCUT2D eigenvalue weighted by Crippen LogP contribution is -2.43. The van der Waals surface area contributed by atoms with Gasteiger partial charge in [-0.05, 0) is 37.0 Å². The number of carbonyl (C=O) groups is 1. The van der Waals surface area contributed by atoms with E-state index in [1.165, 1.54) is 0 Å². The Morgan fingerprint density at radius 3 is 2.77 bits per heavy atom. The van der Waals surface area contributed by atoms with Crippen LogP contribution in [0.3, 0.4) is 0 Å². The molecule has 0 saturated heterocycles. The van der Waals surface area contributed by atoms with Gasteiger partial charge in [-0.25, -0.2) is 0 Å². The van der Waals surface area contributed by atoms with Crippen LogP contribution in [0.15, 0.2) is 24.3 Å². The van der Waals surface area contributed by atoms with Gasteiger partial charge in [0, 0.05) is 18.2 Å². The molecule has 22 heavy (non-hydrogen) atoms. The predicted octanol–water partition coefficient (Wildman–Crippen LogP) is 2.67. The summed E-state index contributed by atoms with van der Waals surface area (Å²) in [4.78, 5) is 12.7. The van der Waals surface area contributed by atoms with Crippen LogP contribution in [0, 0.1) is 0 Å². The highest BCUT2D eigenvalue weighted by Gasteiger charge is 2.42. The van der Waals surface area contributed by atoms with Crippen LogP contribution in [0.2, 0.25) is 5.02 Å². The van der Waals surface area contributed by atoms with Gasteiger partial charge >= 0.3 is 0 Å². The lowest BCUT2D eigenvalue weighted by Gasteiger charge is -2.28. The quantitative estimate of drug-likeness (QED) is 0.722. The van der Waals surface area contributed by atoms with Gasteiger partial charge in [-0.15, -0.1) is 0 Å². The minimum Gasteiger partial charge on any atom is -0.394 e. The summed E-state index contributed by atoms with van der Waals surface area (Å²) in [7, 11) is 0. The summed E-state index contributed by atoms with van der Waals surface area (Å²) in [5.41, 5.74) is 0.586. The molecule has 0 heterocycles. The lowest BCUT2D eigenvalue weighted by atomic mass is 9.78. The number of benzene rings is 1. The van der Waals surface area contributed by atoms with E-state index in [0.29, 0.717) is 24.8 Å². The molecule has 122 valence electrons. The smallest absolute Gasteiger partial charge is 0.230 e. The fraction of sp³-hybridized carbons (Fsp3) is 0.588. The molecule has 1 amide bonds. The maximum Gasteiger partial charge on any atom is 0.230 e. The second kappa shape index (κ2) is 8.51. The molecule has 4 nitrogen and oxygen atoms in total. The Labute approximate surface area is 136 Å². The highest BCUT2D eigenvalue weighted by molar-refractivity contribution is 6.30.